The van der Waals surface area contributed by atoms with Crippen molar-refractivity contribution in [2.45, 2.75) is 24.0 Å². The van der Waals surface area contributed by atoms with E-state index in [4.69, 9.17) is 9.47 Å². The van der Waals surface area contributed by atoms with Crippen LogP contribution in [-0.2, 0) is 15.3 Å². The fourth-order valence-electron chi connectivity index (χ4n) is 1.87. The molecule has 0 radical (unpaired) electrons. The average Bonchev–Trinajstić information content (AvgIpc) is 2.79. The molecule has 0 atom stereocenters. The van der Waals surface area contributed by atoms with Gasteiger partial charge < -0.3 is 9.47 Å². The third kappa shape index (κ3) is 2.05. The summed E-state index contributed by atoms with van der Waals surface area (Å²) in [6, 6.07) is 8.42. The molecule has 1 aliphatic heterocycles. The summed E-state index contributed by atoms with van der Waals surface area (Å²) in [5.41, 5.74) is 1.13. The van der Waals surface area contributed by atoms with E-state index in [0.29, 0.717) is 13.2 Å². The lowest BCUT2D eigenvalue weighted by atomic mass is 10.0. The maximum absolute atomic E-state index is 5.72. The molecule has 0 bridgehead atoms. The molecule has 0 spiro atoms. The minimum absolute atomic E-state index is 0.489. The Morgan fingerprint density at radius 2 is 1.80 bits per heavy atom. The molecule has 1 aromatic carbocycles. The molecule has 1 aromatic rings. The van der Waals surface area contributed by atoms with E-state index < -0.39 is 5.79 Å². The maximum Gasteiger partial charge on any atom is 0.194 e. The van der Waals surface area contributed by atoms with Crippen LogP contribution in [0.15, 0.2) is 29.2 Å². The summed E-state index contributed by atoms with van der Waals surface area (Å²) in [7, 11) is 0. The predicted molar refractivity (Wildman–Crippen MR) is 62.1 cm³/mol. The molecule has 15 heavy (non-hydrogen) atoms. The molecule has 1 saturated heterocycles. The number of hydrogen-bond donors (Lipinski definition) is 0. The first-order chi connectivity index (χ1) is 7.30. The second-order valence-corrected chi connectivity index (χ2v) is 4.41. The Hall–Kier alpha value is -0.510. The average molecular weight is 224 g/mol. The van der Waals surface area contributed by atoms with Crippen molar-refractivity contribution < 1.29 is 9.47 Å². The highest BCUT2D eigenvalue weighted by Crippen LogP contribution is 2.35. The fraction of sp³-hybridized carbons (Fsp3) is 0.500. The molecule has 0 N–H and O–H groups in total. The summed E-state index contributed by atoms with van der Waals surface area (Å²) < 4.78 is 11.4. The van der Waals surface area contributed by atoms with Gasteiger partial charge in [0.05, 0.1) is 13.2 Å². The Balaban J connectivity index is 2.26. The van der Waals surface area contributed by atoms with Gasteiger partial charge in [-0.1, -0.05) is 19.1 Å². The Morgan fingerprint density at radius 1 is 1.20 bits per heavy atom. The maximum atomic E-state index is 5.72. The molecule has 1 fully saturated rings. The van der Waals surface area contributed by atoms with Gasteiger partial charge in [0.2, 0.25) is 0 Å². The highest BCUT2D eigenvalue weighted by molar-refractivity contribution is 7.98. The van der Waals surface area contributed by atoms with Crippen LogP contribution in [0.3, 0.4) is 0 Å². The Labute approximate surface area is 95.0 Å². The molecule has 0 saturated carbocycles. The van der Waals surface area contributed by atoms with Gasteiger partial charge in [0.15, 0.2) is 5.79 Å². The molecule has 1 aliphatic rings. The van der Waals surface area contributed by atoms with Crippen LogP contribution in [-0.4, -0.2) is 19.5 Å². The summed E-state index contributed by atoms with van der Waals surface area (Å²) in [6.07, 6.45) is 2.93. The zero-order valence-electron chi connectivity index (χ0n) is 9.16. The van der Waals surface area contributed by atoms with Gasteiger partial charge >= 0.3 is 0 Å². The molecular formula is C12H16O2S. The first kappa shape index (κ1) is 11.0. The van der Waals surface area contributed by atoms with Gasteiger partial charge in [-0.15, -0.1) is 11.8 Å². The van der Waals surface area contributed by atoms with Crippen molar-refractivity contribution in [3.05, 3.63) is 29.8 Å². The number of thioether (sulfide) groups is 1. The van der Waals surface area contributed by atoms with Crippen LogP contribution in [0.25, 0.3) is 0 Å². The predicted octanol–water partition coefficient (Wildman–Crippen LogP) is 3.02. The van der Waals surface area contributed by atoms with Crippen LogP contribution < -0.4 is 0 Å². The van der Waals surface area contributed by atoms with Crippen LogP contribution in [0.4, 0.5) is 0 Å². The quantitative estimate of drug-likeness (QED) is 0.735. The highest BCUT2D eigenvalue weighted by atomic mass is 32.2. The van der Waals surface area contributed by atoms with Crippen molar-refractivity contribution in [3.8, 4) is 0 Å². The monoisotopic (exact) mass is 224 g/mol. The highest BCUT2D eigenvalue weighted by Gasteiger charge is 2.36. The molecule has 82 valence electrons. The standard InChI is InChI=1S/C12H16O2S/c1-3-12(13-8-9-14-12)10-4-6-11(15-2)7-5-10/h4-7H,3,8-9H2,1-2H3. The molecule has 3 heteroatoms. The fourth-order valence-corrected chi connectivity index (χ4v) is 2.28. The van der Waals surface area contributed by atoms with E-state index in [2.05, 4.69) is 37.4 Å². The van der Waals surface area contributed by atoms with Gasteiger partial charge in [0.25, 0.3) is 0 Å². The van der Waals surface area contributed by atoms with Crippen LogP contribution in [0.1, 0.15) is 18.9 Å². The first-order valence-corrected chi connectivity index (χ1v) is 6.45. The van der Waals surface area contributed by atoms with Crippen molar-refractivity contribution in [3.63, 3.8) is 0 Å². The molecule has 0 unspecified atom stereocenters. The van der Waals surface area contributed by atoms with Gasteiger partial charge in [-0.25, -0.2) is 0 Å². The van der Waals surface area contributed by atoms with E-state index in [1.807, 2.05) is 0 Å². The van der Waals surface area contributed by atoms with E-state index in [-0.39, 0.29) is 0 Å². The molecule has 0 aliphatic carbocycles. The van der Waals surface area contributed by atoms with Crippen molar-refractivity contribution in [2.24, 2.45) is 0 Å². The minimum atomic E-state index is -0.489. The largest absolute Gasteiger partial charge is 0.343 e. The van der Waals surface area contributed by atoms with E-state index in [0.717, 1.165) is 12.0 Å². The van der Waals surface area contributed by atoms with Gasteiger partial charge in [-0.05, 0) is 18.4 Å². The van der Waals surface area contributed by atoms with E-state index in [1.54, 1.807) is 11.8 Å². The SMILES string of the molecule is CCC1(c2ccc(SC)cc2)OCCO1. The van der Waals surface area contributed by atoms with Crippen molar-refractivity contribution in [2.75, 3.05) is 19.5 Å². The van der Waals surface area contributed by atoms with Crippen molar-refractivity contribution in [1.29, 1.82) is 0 Å². The van der Waals surface area contributed by atoms with Crippen LogP contribution >= 0.6 is 11.8 Å². The third-order valence-corrected chi connectivity index (χ3v) is 3.49. The van der Waals surface area contributed by atoms with Crippen LogP contribution in [0.2, 0.25) is 0 Å². The van der Waals surface area contributed by atoms with Crippen LogP contribution in [0.5, 0.6) is 0 Å². The molecule has 2 rings (SSSR count). The molecule has 2 nitrogen and oxygen atoms in total. The lowest BCUT2D eigenvalue weighted by molar-refractivity contribution is -0.167. The van der Waals surface area contributed by atoms with E-state index in [9.17, 15) is 0 Å². The normalized spacial score (nSPS) is 19.3. The summed E-state index contributed by atoms with van der Waals surface area (Å²) in [6.45, 7) is 3.48. The smallest absolute Gasteiger partial charge is 0.194 e. The topological polar surface area (TPSA) is 18.5 Å². The lowest BCUT2D eigenvalue weighted by Gasteiger charge is -2.26. The number of hydrogen-bond acceptors (Lipinski definition) is 3. The zero-order chi connectivity index (χ0) is 10.7. The lowest BCUT2D eigenvalue weighted by Crippen LogP contribution is -2.25. The second-order valence-electron chi connectivity index (χ2n) is 3.53. The summed E-state index contributed by atoms with van der Waals surface area (Å²) in [4.78, 5) is 1.27. The zero-order valence-corrected chi connectivity index (χ0v) is 9.97. The van der Waals surface area contributed by atoms with Crippen molar-refractivity contribution in [1.82, 2.24) is 0 Å². The van der Waals surface area contributed by atoms with Gasteiger partial charge in [-0.2, -0.15) is 0 Å². The molecular weight excluding hydrogens is 208 g/mol. The van der Waals surface area contributed by atoms with Gasteiger partial charge in [0, 0.05) is 16.9 Å². The number of benzene rings is 1. The first-order valence-electron chi connectivity index (χ1n) is 5.23. The summed E-state index contributed by atoms with van der Waals surface area (Å²) in [5.74, 6) is -0.489. The van der Waals surface area contributed by atoms with Crippen LogP contribution in [0, 0.1) is 0 Å². The van der Waals surface area contributed by atoms with Crippen molar-refractivity contribution >= 4 is 11.8 Å². The number of ether oxygens (including phenoxy) is 2. The third-order valence-electron chi connectivity index (χ3n) is 2.75. The van der Waals surface area contributed by atoms with E-state index in [1.165, 1.54) is 4.90 Å². The Bertz CT molecular complexity index is 315. The second kappa shape index (κ2) is 4.56. The van der Waals surface area contributed by atoms with Gasteiger partial charge in [0.1, 0.15) is 0 Å². The van der Waals surface area contributed by atoms with E-state index >= 15 is 0 Å². The summed E-state index contributed by atoms with van der Waals surface area (Å²) in [5, 5.41) is 0. The van der Waals surface area contributed by atoms with Gasteiger partial charge in [-0.3, -0.25) is 0 Å². The molecule has 0 amide bonds. The Kier molecular flexibility index (Phi) is 3.34. The number of rotatable bonds is 3. The molecule has 1 heterocycles. The minimum Gasteiger partial charge on any atom is -0.343 e. The molecule has 0 aromatic heterocycles. The summed E-state index contributed by atoms with van der Waals surface area (Å²) >= 11 is 1.74. The Morgan fingerprint density at radius 3 is 2.27 bits per heavy atom.